The third-order valence-electron chi connectivity index (χ3n) is 9.92. The van der Waals surface area contributed by atoms with E-state index in [1.54, 1.807) is 4.90 Å². The van der Waals surface area contributed by atoms with Crippen molar-refractivity contribution in [3.05, 3.63) is 64.4 Å². The Morgan fingerprint density at radius 2 is 1.95 bits per heavy atom. The van der Waals surface area contributed by atoms with E-state index in [2.05, 4.69) is 53.7 Å². The number of aromatic nitrogens is 1. The van der Waals surface area contributed by atoms with Gasteiger partial charge in [0.2, 0.25) is 5.91 Å². The molecule has 1 aliphatic carbocycles. The van der Waals surface area contributed by atoms with Gasteiger partial charge in [0.05, 0.1) is 38.6 Å². The summed E-state index contributed by atoms with van der Waals surface area (Å²) >= 11 is 6.28. The van der Waals surface area contributed by atoms with Gasteiger partial charge in [0.1, 0.15) is 11.1 Å². The molecule has 208 valence electrons. The van der Waals surface area contributed by atoms with Gasteiger partial charge < -0.3 is 39.9 Å². The standard InChI is InChI=1S/C30H39ClN4O.2ClH/c1-34-15-6-9-23(19-34)27-17-22(21-7-3-2-4-8-21)13-16-35(27)29(36)25-18-32-20-30(25)14-5-10-26-24(30)11-12-28(31)33-26;;/h2-4,7-8,11-12,22-23,25,27,32H,5-6,9-10,13-20H2,1H3;2*1H/t22-,23?,25+,27?,30+;;/m1../s1. The summed E-state index contributed by atoms with van der Waals surface area (Å²) in [5, 5.41) is 2.96. The number of fused-ring (bicyclic) bond motifs is 2. The van der Waals surface area contributed by atoms with Gasteiger partial charge in [0.25, 0.3) is 0 Å². The molecular formula is C30H41Cl3N4O. The van der Waals surface area contributed by atoms with Crippen LogP contribution in [0.4, 0.5) is 0 Å². The van der Waals surface area contributed by atoms with Crippen molar-refractivity contribution in [3.63, 3.8) is 0 Å². The Labute approximate surface area is 244 Å². The number of halogens is 3. The van der Waals surface area contributed by atoms with Crippen molar-refractivity contribution >= 4 is 17.5 Å². The van der Waals surface area contributed by atoms with Gasteiger partial charge in [-0.25, -0.2) is 4.98 Å². The van der Waals surface area contributed by atoms with E-state index in [9.17, 15) is 4.79 Å². The quantitative estimate of drug-likeness (QED) is 0.367. The lowest BCUT2D eigenvalue weighted by atomic mass is 9.65. The maximum absolute atomic E-state index is 14.6. The molecule has 3 fully saturated rings. The molecule has 8 heteroatoms. The number of aryl methyl sites for hydroxylation is 1. The summed E-state index contributed by atoms with van der Waals surface area (Å²) in [6, 6.07) is 15.5. The van der Waals surface area contributed by atoms with Gasteiger partial charge in [0, 0.05) is 24.2 Å². The number of nitrogens with zero attached hydrogens (tertiary/aromatic N) is 2. The van der Waals surface area contributed by atoms with Crippen LogP contribution in [0.1, 0.15) is 61.3 Å². The first-order chi connectivity index (χ1) is 17.5. The first-order valence-electron chi connectivity index (χ1n) is 14.2. The molecule has 4 heterocycles. The van der Waals surface area contributed by atoms with E-state index in [1.165, 1.54) is 37.1 Å². The number of carbonyl (C=O) groups excluding carboxylic acids is 1. The molecule has 6 rings (SSSR count). The zero-order valence-electron chi connectivity index (χ0n) is 22.4. The fourth-order valence-electron chi connectivity index (χ4n) is 8.20. The number of nitrogens with one attached hydrogen (secondary N) is 1. The monoisotopic (exact) mass is 578 g/mol. The van der Waals surface area contributed by atoms with Crippen LogP contribution in [0.3, 0.4) is 0 Å². The first-order valence-corrected chi connectivity index (χ1v) is 14.6. The lowest BCUT2D eigenvalue weighted by Crippen LogP contribution is -3.11. The van der Waals surface area contributed by atoms with Crippen molar-refractivity contribution in [1.29, 1.82) is 0 Å². The Bertz CT molecular complexity index is 1100. The van der Waals surface area contributed by atoms with E-state index >= 15 is 0 Å². The van der Waals surface area contributed by atoms with Gasteiger partial charge in [-0.1, -0.05) is 48.0 Å². The van der Waals surface area contributed by atoms with Crippen molar-refractivity contribution in [1.82, 2.24) is 9.88 Å². The Balaban J connectivity index is 0.00000168. The molecule has 3 unspecified atom stereocenters. The van der Waals surface area contributed by atoms with Crippen LogP contribution in [0.25, 0.3) is 0 Å². The molecule has 38 heavy (non-hydrogen) atoms. The van der Waals surface area contributed by atoms with Gasteiger partial charge in [0.15, 0.2) is 0 Å². The van der Waals surface area contributed by atoms with E-state index in [0.29, 0.717) is 28.9 Å². The molecule has 0 radical (unpaired) electrons. The number of hydrogen-bond acceptors (Lipinski definition) is 2. The zero-order chi connectivity index (χ0) is 24.7. The van der Waals surface area contributed by atoms with E-state index in [0.717, 1.165) is 57.4 Å². The SMILES string of the molecule is C[NH+]1CCCC(C2C[C@H](c3ccccc3)CCN2C(=O)[C@@H]2C[NH2+]C[C@]23CCCc2nc(Cl)ccc23)C1.[Cl-].[Cl-]. The second-order valence-electron chi connectivity index (χ2n) is 12.0. The number of hydrogen-bond donors (Lipinski definition) is 2. The van der Waals surface area contributed by atoms with E-state index in [4.69, 9.17) is 16.6 Å². The summed E-state index contributed by atoms with van der Waals surface area (Å²) in [5.74, 6) is 1.58. The predicted molar refractivity (Wildman–Crippen MR) is 142 cm³/mol. The normalized spacial score (nSPS) is 32.7. The number of benzene rings is 1. The van der Waals surface area contributed by atoms with Gasteiger partial charge >= 0.3 is 0 Å². The number of likely N-dealkylation sites (tertiary alicyclic amines) is 2. The summed E-state index contributed by atoms with van der Waals surface area (Å²) in [5.41, 5.74) is 3.76. The van der Waals surface area contributed by atoms with Gasteiger partial charge in [-0.15, -0.1) is 0 Å². The molecule has 2 aromatic rings. The van der Waals surface area contributed by atoms with Crippen LogP contribution >= 0.6 is 11.6 Å². The third kappa shape index (κ3) is 5.47. The van der Waals surface area contributed by atoms with Crippen molar-refractivity contribution in [3.8, 4) is 0 Å². The number of rotatable bonds is 3. The molecule has 5 nitrogen and oxygen atoms in total. The first kappa shape index (κ1) is 29.6. The molecule has 6 atom stereocenters. The van der Waals surface area contributed by atoms with Gasteiger partial charge in [-0.05, 0) is 68.1 Å². The zero-order valence-corrected chi connectivity index (χ0v) is 24.6. The van der Waals surface area contributed by atoms with Crippen LogP contribution in [-0.2, 0) is 16.6 Å². The number of amides is 1. The Hall–Kier alpha value is -1.37. The summed E-state index contributed by atoms with van der Waals surface area (Å²) in [4.78, 5) is 23.3. The molecule has 3 N–H and O–H groups in total. The second-order valence-corrected chi connectivity index (χ2v) is 12.4. The van der Waals surface area contributed by atoms with Crippen molar-refractivity contribution < 1.29 is 39.8 Å². The van der Waals surface area contributed by atoms with E-state index in [-0.39, 0.29) is 36.1 Å². The minimum atomic E-state index is -0.0995. The van der Waals surface area contributed by atoms with E-state index < -0.39 is 0 Å². The smallest absolute Gasteiger partial charge is 0.232 e. The highest BCUT2D eigenvalue weighted by atomic mass is 35.5. The lowest BCUT2D eigenvalue weighted by Gasteiger charge is -2.47. The van der Waals surface area contributed by atoms with Crippen LogP contribution in [0.2, 0.25) is 5.15 Å². The maximum Gasteiger partial charge on any atom is 0.232 e. The molecule has 1 amide bonds. The van der Waals surface area contributed by atoms with Gasteiger partial charge in [-0.2, -0.15) is 0 Å². The van der Waals surface area contributed by atoms with Crippen LogP contribution in [0, 0.1) is 11.8 Å². The summed E-state index contributed by atoms with van der Waals surface area (Å²) in [6.45, 7) is 5.20. The van der Waals surface area contributed by atoms with Crippen molar-refractivity contribution in [2.45, 2.75) is 62.3 Å². The van der Waals surface area contributed by atoms with Gasteiger partial charge in [-0.3, -0.25) is 4.79 Å². The third-order valence-corrected chi connectivity index (χ3v) is 10.1. The van der Waals surface area contributed by atoms with Crippen LogP contribution in [0.15, 0.2) is 42.5 Å². The largest absolute Gasteiger partial charge is 1.00 e. The van der Waals surface area contributed by atoms with Crippen LogP contribution in [0.5, 0.6) is 0 Å². The lowest BCUT2D eigenvalue weighted by molar-refractivity contribution is -0.889. The molecule has 4 aliphatic rings. The molecule has 3 aliphatic heterocycles. The van der Waals surface area contributed by atoms with Crippen molar-refractivity contribution in [2.24, 2.45) is 11.8 Å². The molecule has 1 spiro atoms. The summed E-state index contributed by atoms with van der Waals surface area (Å²) < 4.78 is 0. The Morgan fingerprint density at radius 3 is 2.74 bits per heavy atom. The Kier molecular flexibility index (Phi) is 9.69. The molecule has 0 bridgehead atoms. The maximum atomic E-state index is 14.6. The molecular weight excluding hydrogens is 539 g/mol. The minimum Gasteiger partial charge on any atom is -1.00 e. The number of pyridine rings is 1. The molecule has 1 aromatic heterocycles. The number of carbonyl (C=O) groups is 1. The average molecular weight is 580 g/mol. The number of quaternary nitrogens is 2. The highest BCUT2D eigenvalue weighted by Gasteiger charge is 2.55. The molecule has 3 saturated heterocycles. The Morgan fingerprint density at radius 1 is 1.13 bits per heavy atom. The summed E-state index contributed by atoms with van der Waals surface area (Å²) in [7, 11) is 2.33. The predicted octanol–water partition coefficient (Wildman–Crippen LogP) is -3.79. The number of nitrogens with two attached hydrogens (primary N) is 1. The number of piperidine rings is 2. The fraction of sp³-hybridized carbons (Fsp3) is 0.600. The minimum absolute atomic E-state index is 0. The highest BCUT2D eigenvalue weighted by molar-refractivity contribution is 6.29. The second kappa shape index (κ2) is 12.4. The van der Waals surface area contributed by atoms with E-state index in [1.807, 2.05) is 6.07 Å². The highest BCUT2D eigenvalue weighted by Crippen LogP contribution is 2.45. The fourth-order valence-corrected chi connectivity index (χ4v) is 8.37. The van der Waals surface area contributed by atoms with Crippen LogP contribution < -0.4 is 35.0 Å². The molecule has 0 saturated carbocycles. The van der Waals surface area contributed by atoms with Crippen molar-refractivity contribution in [2.75, 3.05) is 39.8 Å². The topological polar surface area (TPSA) is 54.2 Å². The van der Waals surface area contributed by atoms with Crippen LogP contribution in [-0.4, -0.2) is 61.6 Å². The average Bonchev–Trinajstić information content (AvgIpc) is 3.32. The summed E-state index contributed by atoms with van der Waals surface area (Å²) in [6.07, 6.45) is 7.84. The molecule has 1 aromatic carbocycles.